The molecule has 3 aromatic carbocycles. The third-order valence-electron chi connectivity index (χ3n) is 5.98. The smallest absolute Gasteiger partial charge is 0.428 e. The van der Waals surface area contributed by atoms with Crippen molar-refractivity contribution in [2.75, 3.05) is 13.2 Å². The summed E-state index contributed by atoms with van der Waals surface area (Å²) in [6, 6.07) is 15.1. The molecule has 0 aliphatic carbocycles. The van der Waals surface area contributed by atoms with E-state index in [0.29, 0.717) is 17.5 Å². The van der Waals surface area contributed by atoms with Crippen molar-refractivity contribution in [1.82, 2.24) is 10.6 Å². The Labute approximate surface area is 225 Å². The summed E-state index contributed by atoms with van der Waals surface area (Å²) in [4.78, 5) is 17.2. The van der Waals surface area contributed by atoms with Crippen molar-refractivity contribution in [2.45, 2.75) is 30.9 Å². The van der Waals surface area contributed by atoms with Gasteiger partial charge in [-0.15, -0.1) is 5.11 Å². The number of carbonyl (C=O) groups excluding carboxylic acids is 1. The number of hydrogen-bond acceptors (Lipinski definition) is 5. The molecule has 4 rings (SSSR count). The second-order valence-electron chi connectivity index (χ2n) is 8.80. The normalized spacial score (nSPS) is 14.5. The standard InChI is InChI=1S/C27H23F6N5O2/c28-20-8-6-18(7-9-20)26(15-17-4-2-1-3-5-17,37-25(39)34-11-10-23-35-16-36-38-23)19-12-21(29)14-22(13-19)40-27(32,33)24(30)31/h1-9,12-14,24H,10-11,15-16H2,(H2,34,37,39)/t26-/m1/s1. The van der Waals surface area contributed by atoms with Crippen LogP contribution in [0.2, 0.25) is 0 Å². The highest BCUT2D eigenvalue weighted by Gasteiger charge is 2.45. The molecule has 0 saturated heterocycles. The maximum atomic E-state index is 14.8. The molecule has 2 amide bonds. The largest absolute Gasteiger partial charge is 0.461 e. The van der Waals surface area contributed by atoms with Crippen LogP contribution in [-0.4, -0.2) is 37.6 Å². The number of amidine groups is 1. The topological polar surface area (TPSA) is 87.4 Å². The van der Waals surface area contributed by atoms with Gasteiger partial charge in [-0.1, -0.05) is 42.5 Å². The molecule has 3 aromatic rings. The Bertz CT molecular complexity index is 1390. The van der Waals surface area contributed by atoms with Crippen LogP contribution in [-0.2, 0) is 12.0 Å². The number of azo groups is 1. The summed E-state index contributed by atoms with van der Waals surface area (Å²) in [6.45, 7) is 0.285. The molecule has 1 atom stereocenters. The quantitative estimate of drug-likeness (QED) is 0.272. The minimum atomic E-state index is -4.91. The van der Waals surface area contributed by atoms with Crippen LogP contribution >= 0.6 is 0 Å². The first-order chi connectivity index (χ1) is 19.1. The van der Waals surface area contributed by atoms with E-state index in [4.69, 9.17) is 0 Å². The van der Waals surface area contributed by atoms with Crippen molar-refractivity contribution in [1.29, 1.82) is 0 Å². The van der Waals surface area contributed by atoms with Crippen molar-refractivity contribution >= 4 is 11.9 Å². The number of hydrogen-bond donors (Lipinski definition) is 2. The van der Waals surface area contributed by atoms with Crippen molar-refractivity contribution in [3.05, 3.63) is 101 Å². The highest BCUT2D eigenvalue weighted by molar-refractivity contribution is 5.84. The highest BCUT2D eigenvalue weighted by Crippen LogP contribution is 2.37. The number of halogens is 6. The van der Waals surface area contributed by atoms with Crippen molar-refractivity contribution < 1.29 is 35.9 Å². The zero-order valence-electron chi connectivity index (χ0n) is 20.8. The van der Waals surface area contributed by atoms with Gasteiger partial charge in [0.25, 0.3) is 0 Å². The summed E-state index contributed by atoms with van der Waals surface area (Å²) >= 11 is 0. The van der Waals surface area contributed by atoms with Crippen LogP contribution in [0, 0.1) is 11.6 Å². The predicted octanol–water partition coefficient (Wildman–Crippen LogP) is 6.20. The summed E-state index contributed by atoms with van der Waals surface area (Å²) in [7, 11) is 0. The fourth-order valence-electron chi connectivity index (χ4n) is 4.18. The maximum absolute atomic E-state index is 14.8. The lowest BCUT2D eigenvalue weighted by molar-refractivity contribution is -0.253. The van der Waals surface area contributed by atoms with Crippen LogP contribution < -0.4 is 15.4 Å². The van der Waals surface area contributed by atoms with E-state index < -0.39 is 41.5 Å². The lowest BCUT2D eigenvalue weighted by atomic mass is 9.77. The van der Waals surface area contributed by atoms with E-state index in [-0.39, 0.29) is 37.2 Å². The fraction of sp³-hybridized carbons (Fsp3) is 0.259. The predicted molar refractivity (Wildman–Crippen MR) is 134 cm³/mol. The first-order valence-corrected chi connectivity index (χ1v) is 12.0. The summed E-state index contributed by atoms with van der Waals surface area (Å²) < 4.78 is 86.1. The molecule has 2 N–H and O–H groups in total. The SMILES string of the molecule is O=C(NCCC1=NCN=N1)N[C@](Cc1ccccc1)(c1ccc(F)cc1)c1cc(F)cc(OC(F)(F)C(F)F)c1. The van der Waals surface area contributed by atoms with Gasteiger partial charge in [-0.25, -0.2) is 18.6 Å². The van der Waals surface area contributed by atoms with Gasteiger partial charge >= 0.3 is 18.6 Å². The Morgan fingerprint density at radius 3 is 2.33 bits per heavy atom. The van der Waals surface area contributed by atoms with E-state index in [9.17, 15) is 31.1 Å². The molecule has 1 aliphatic rings. The number of nitrogens with one attached hydrogen (secondary N) is 2. The molecule has 0 spiro atoms. The van der Waals surface area contributed by atoms with Gasteiger partial charge < -0.3 is 15.4 Å². The summed E-state index contributed by atoms with van der Waals surface area (Å²) in [5.41, 5.74) is -0.951. The highest BCUT2D eigenvalue weighted by atomic mass is 19.3. The van der Waals surface area contributed by atoms with E-state index in [1.165, 1.54) is 12.1 Å². The minimum absolute atomic E-state index is 0.0675. The number of urea groups is 1. The second kappa shape index (κ2) is 12.2. The molecule has 1 aliphatic heterocycles. The van der Waals surface area contributed by atoms with Gasteiger partial charge in [0.2, 0.25) is 0 Å². The Kier molecular flexibility index (Phi) is 8.70. The van der Waals surface area contributed by atoms with Crippen LogP contribution in [0.1, 0.15) is 23.1 Å². The van der Waals surface area contributed by atoms with Gasteiger partial charge in [0.15, 0.2) is 6.67 Å². The molecule has 0 fully saturated rings. The molecule has 0 saturated carbocycles. The van der Waals surface area contributed by atoms with Crippen LogP contribution in [0.3, 0.4) is 0 Å². The number of amides is 2. The molecule has 0 bridgehead atoms. The average Bonchev–Trinajstić information content (AvgIpc) is 3.42. The van der Waals surface area contributed by atoms with E-state index >= 15 is 0 Å². The van der Waals surface area contributed by atoms with Gasteiger partial charge in [0.1, 0.15) is 23.2 Å². The van der Waals surface area contributed by atoms with Crippen LogP contribution in [0.25, 0.3) is 0 Å². The second-order valence-corrected chi connectivity index (χ2v) is 8.80. The lowest BCUT2D eigenvalue weighted by Gasteiger charge is -2.37. The number of aliphatic imine (C=N–C) groups is 1. The zero-order chi connectivity index (χ0) is 28.8. The molecule has 0 aromatic heterocycles. The molecule has 13 heteroatoms. The zero-order valence-corrected chi connectivity index (χ0v) is 20.8. The third-order valence-corrected chi connectivity index (χ3v) is 5.98. The molecular weight excluding hydrogens is 540 g/mol. The number of carbonyl (C=O) groups is 1. The van der Waals surface area contributed by atoms with E-state index in [1.807, 2.05) is 0 Å². The van der Waals surface area contributed by atoms with Crippen molar-refractivity contribution in [3.63, 3.8) is 0 Å². The van der Waals surface area contributed by atoms with E-state index in [2.05, 4.69) is 30.6 Å². The first-order valence-electron chi connectivity index (χ1n) is 12.0. The molecule has 40 heavy (non-hydrogen) atoms. The van der Waals surface area contributed by atoms with E-state index in [0.717, 1.165) is 24.3 Å². The Hall–Kier alpha value is -4.42. The average molecular weight is 564 g/mol. The van der Waals surface area contributed by atoms with Crippen molar-refractivity contribution in [2.24, 2.45) is 15.2 Å². The molecular formula is C27H23F6N5O2. The maximum Gasteiger partial charge on any atom is 0.461 e. The van der Waals surface area contributed by atoms with Gasteiger partial charge in [-0.05, 0) is 41.0 Å². The summed E-state index contributed by atoms with van der Waals surface area (Å²) in [5, 5.41) is 13.0. The minimum Gasteiger partial charge on any atom is -0.428 e. The molecule has 210 valence electrons. The van der Waals surface area contributed by atoms with Crippen LogP contribution in [0.15, 0.2) is 88.0 Å². The summed E-state index contributed by atoms with van der Waals surface area (Å²) in [5.74, 6) is -2.16. The molecule has 7 nitrogen and oxygen atoms in total. The number of benzene rings is 3. The molecule has 0 unspecified atom stereocenters. The van der Waals surface area contributed by atoms with Gasteiger partial charge in [-0.3, -0.25) is 0 Å². The summed E-state index contributed by atoms with van der Waals surface area (Å²) in [6.07, 6.45) is -8.89. The van der Waals surface area contributed by atoms with E-state index in [1.54, 1.807) is 30.3 Å². The Balaban J connectivity index is 1.79. The number of ether oxygens (including phenoxy) is 1. The number of alkyl halides is 4. The fourth-order valence-corrected chi connectivity index (χ4v) is 4.18. The van der Waals surface area contributed by atoms with Crippen LogP contribution in [0.5, 0.6) is 5.75 Å². The molecule has 0 radical (unpaired) electrons. The van der Waals surface area contributed by atoms with Crippen LogP contribution in [0.4, 0.5) is 31.1 Å². The molecule has 1 heterocycles. The number of rotatable bonds is 11. The first kappa shape index (κ1) is 28.6. The van der Waals surface area contributed by atoms with Gasteiger partial charge in [-0.2, -0.15) is 22.7 Å². The number of nitrogens with zero attached hydrogens (tertiary/aromatic N) is 3. The Morgan fingerprint density at radius 2 is 1.68 bits per heavy atom. The van der Waals surface area contributed by atoms with Gasteiger partial charge in [0, 0.05) is 25.5 Å². The lowest BCUT2D eigenvalue weighted by Crippen LogP contribution is -2.52. The van der Waals surface area contributed by atoms with Crippen molar-refractivity contribution in [3.8, 4) is 5.75 Å². The third kappa shape index (κ3) is 6.96. The Morgan fingerprint density at radius 1 is 0.950 bits per heavy atom. The van der Waals surface area contributed by atoms with Gasteiger partial charge in [0.05, 0.1) is 5.54 Å². The monoisotopic (exact) mass is 563 g/mol.